The Morgan fingerprint density at radius 1 is 0.857 bits per heavy atom. The second-order valence-electron chi connectivity index (χ2n) is 5.82. The largest absolute Gasteiger partial charge is 0.459 e. The van der Waals surface area contributed by atoms with Gasteiger partial charge in [0.25, 0.3) is 11.8 Å². The van der Waals surface area contributed by atoms with E-state index in [4.69, 9.17) is 8.83 Å². The SMILES string of the molecule is O=C(Nc1c(C(=O)Nc2ccc(F)c(F)c2)oc2ccccc12)c1ccco1. The summed E-state index contributed by atoms with van der Waals surface area (Å²) in [5, 5.41) is 5.52. The van der Waals surface area contributed by atoms with Crippen LogP contribution < -0.4 is 10.6 Å². The van der Waals surface area contributed by atoms with E-state index in [0.29, 0.717) is 11.0 Å². The Hall–Kier alpha value is -3.94. The number of nitrogens with one attached hydrogen (secondary N) is 2. The molecule has 2 amide bonds. The average molecular weight is 382 g/mol. The maximum Gasteiger partial charge on any atom is 0.293 e. The second kappa shape index (κ2) is 6.99. The molecule has 0 fully saturated rings. The van der Waals surface area contributed by atoms with Gasteiger partial charge < -0.3 is 19.5 Å². The first-order valence-corrected chi connectivity index (χ1v) is 8.16. The molecular formula is C20H12F2N2O4. The highest BCUT2D eigenvalue weighted by molar-refractivity contribution is 6.16. The highest BCUT2D eigenvalue weighted by Crippen LogP contribution is 2.32. The van der Waals surface area contributed by atoms with Gasteiger partial charge in [-0.1, -0.05) is 12.1 Å². The van der Waals surface area contributed by atoms with Crippen LogP contribution in [0.3, 0.4) is 0 Å². The Labute approximate surface area is 156 Å². The Morgan fingerprint density at radius 2 is 1.68 bits per heavy atom. The fraction of sp³-hybridized carbons (Fsp3) is 0. The molecule has 2 heterocycles. The molecule has 0 saturated heterocycles. The topological polar surface area (TPSA) is 84.5 Å². The number of carbonyl (C=O) groups excluding carboxylic acids is 2. The summed E-state index contributed by atoms with van der Waals surface area (Å²) in [7, 11) is 0. The number of fused-ring (bicyclic) bond motifs is 1. The summed E-state index contributed by atoms with van der Waals surface area (Å²) in [5.41, 5.74) is 0.539. The predicted octanol–water partition coefficient (Wildman–Crippen LogP) is 4.81. The third-order valence-electron chi connectivity index (χ3n) is 3.96. The summed E-state index contributed by atoms with van der Waals surface area (Å²) in [6.45, 7) is 0. The van der Waals surface area contributed by atoms with Crippen LogP contribution in [0.25, 0.3) is 11.0 Å². The summed E-state index contributed by atoms with van der Waals surface area (Å²) in [4.78, 5) is 25.0. The van der Waals surface area contributed by atoms with Gasteiger partial charge in [0, 0.05) is 17.1 Å². The minimum Gasteiger partial charge on any atom is -0.459 e. The van der Waals surface area contributed by atoms with E-state index in [-0.39, 0.29) is 22.9 Å². The van der Waals surface area contributed by atoms with E-state index in [0.717, 1.165) is 12.1 Å². The predicted molar refractivity (Wildman–Crippen MR) is 97.2 cm³/mol. The van der Waals surface area contributed by atoms with Gasteiger partial charge in [-0.15, -0.1) is 0 Å². The van der Waals surface area contributed by atoms with E-state index in [2.05, 4.69) is 10.6 Å². The summed E-state index contributed by atoms with van der Waals surface area (Å²) in [6.07, 6.45) is 1.35. The van der Waals surface area contributed by atoms with Gasteiger partial charge in [0.2, 0.25) is 5.76 Å². The molecule has 0 aliphatic heterocycles. The zero-order chi connectivity index (χ0) is 19.7. The first-order chi connectivity index (χ1) is 13.5. The molecule has 0 unspecified atom stereocenters. The van der Waals surface area contributed by atoms with Crippen molar-refractivity contribution in [1.82, 2.24) is 0 Å². The average Bonchev–Trinajstić information content (AvgIpc) is 3.33. The molecular weight excluding hydrogens is 370 g/mol. The second-order valence-corrected chi connectivity index (χ2v) is 5.82. The molecule has 0 aliphatic rings. The molecule has 0 atom stereocenters. The first kappa shape index (κ1) is 17.5. The minimum absolute atomic E-state index is 0.0349. The summed E-state index contributed by atoms with van der Waals surface area (Å²) in [5.74, 6) is -3.58. The number of furan rings is 2. The van der Waals surface area contributed by atoms with Gasteiger partial charge in [-0.2, -0.15) is 0 Å². The summed E-state index contributed by atoms with van der Waals surface area (Å²) < 4.78 is 37.1. The quantitative estimate of drug-likeness (QED) is 0.531. The van der Waals surface area contributed by atoms with E-state index < -0.39 is 23.4 Å². The van der Waals surface area contributed by atoms with Gasteiger partial charge in [0.1, 0.15) is 11.3 Å². The van der Waals surface area contributed by atoms with Crippen LogP contribution >= 0.6 is 0 Å². The first-order valence-electron chi connectivity index (χ1n) is 8.16. The maximum absolute atomic E-state index is 13.4. The van der Waals surface area contributed by atoms with Crippen LogP contribution in [-0.2, 0) is 0 Å². The van der Waals surface area contributed by atoms with Crippen molar-refractivity contribution in [2.45, 2.75) is 0 Å². The van der Waals surface area contributed by atoms with Crippen molar-refractivity contribution < 1.29 is 27.2 Å². The molecule has 0 aliphatic carbocycles. The normalized spacial score (nSPS) is 10.8. The standard InChI is InChI=1S/C20H12F2N2O4/c21-13-8-7-11(10-14(13)22)23-20(26)18-17(12-4-1-2-5-15(12)28-18)24-19(25)16-6-3-9-27-16/h1-10H,(H,23,26)(H,24,25). The van der Waals surface area contributed by atoms with Crippen molar-refractivity contribution in [2.75, 3.05) is 10.6 Å². The zero-order valence-corrected chi connectivity index (χ0v) is 14.2. The van der Waals surface area contributed by atoms with Crippen molar-refractivity contribution in [1.29, 1.82) is 0 Å². The van der Waals surface area contributed by atoms with Gasteiger partial charge in [-0.3, -0.25) is 9.59 Å². The molecule has 2 aromatic heterocycles. The molecule has 0 saturated carbocycles. The van der Waals surface area contributed by atoms with E-state index in [1.165, 1.54) is 18.4 Å². The Kier molecular flexibility index (Phi) is 4.36. The molecule has 140 valence electrons. The van der Waals surface area contributed by atoms with Crippen molar-refractivity contribution >= 4 is 34.2 Å². The van der Waals surface area contributed by atoms with Crippen LogP contribution in [0.4, 0.5) is 20.2 Å². The van der Waals surface area contributed by atoms with Crippen LogP contribution in [-0.4, -0.2) is 11.8 Å². The van der Waals surface area contributed by atoms with Crippen LogP contribution in [0, 0.1) is 11.6 Å². The number of rotatable bonds is 4. The minimum atomic E-state index is -1.10. The molecule has 0 radical (unpaired) electrons. The number of hydrogen-bond acceptors (Lipinski definition) is 4. The van der Waals surface area contributed by atoms with Crippen LogP contribution in [0.2, 0.25) is 0 Å². The van der Waals surface area contributed by atoms with E-state index in [1.54, 1.807) is 30.3 Å². The van der Waals surface area contributed by atoms with E-state index in [1.807, 2.05) is 0 Å². The number of benzene rings is 2. The van der Waals surface area contributed by atoms with E-state index >= 15 is 0 Å². The Balaban J connectivity index is 1.70. The lowest BCUT2D eigenvalue weighted by Gasteiger charge is -2.07. The van der Waals surface area contributed by atoms with Gasteiger partial charge in [0.05, 0.1) is 6.26 Å². The lowest BCUT2D eigenvalue weighted by molar-refractivity contribution is 0.0996. The molecule has 28 heavy (non-hydrogen) atoms. The third-order valence-corrected chi connectivity index (χ3v) is 3.96. The van der Waals surface area contributed by atoms with E-state index in [9.17, 15) is 18.4 Å². The summed E-state index contributed by atoms with van der Waals surface area (Å²) in [6, 6.07) is 12.7. The lowest BCUT2D eigenvalue weighted by Crippen LogP contribution is -2.17. The van der Waals surface area contributed by atoms with Crippen molar-refractivity contribution in [3.8, 4) is 0 Å². The van der Waals surface area contributed by atoms with Crippen molar-refractivity contribution in [2.24, 2.45) is 0 Å². The summed E-state index contributed by atoms with van der Waals surface area (Å²) >= 11 is 0. The molecule has 8 heteroatoms. The molecule has 4 aromatic rings. The number of carbonyl (C=O) groups is 2. The van der Waals surface area contributed by atoms with Crippen molar-refractivity contribution in [3.63, 3.8) is 0 Å². The molecule has 2 aromatic carbocycles. The van der Waals surface area contributed by atoms with Crippen LogP contribution in [0.5, 0.6) is 0 Å². The molecule has 0 spiro atoms. The Bertz CT molecular complexity index is 1180. The lowest BCUT2D eigenvalue weighted by atomic mass is 10.2. The smallest absolute Gasteiger partial charge is 0.293 e. The number of amides is 2. The Morgan fingerprint density at radius 3 is 2.43 bits per heavy atom. The third kappa shape index (κ3) is 3.23. The molecule has 6 nitrogen and oxygen atoms in total. The molecule has 4 rings (SSSR count). The van der Waals surface area contributed by atoms with Crippen LogP contribution in [0.1, 0.15) is 21.1 Å². The van der Waals surface area contributed by atoms with Gasteiger partial charge in [-0.05, 0) is 36.4 Å². The van der Waals surface area contributed by atoms with Crippen LogP contribution in [0.15, 0.2) is 69.7 Å². The fourth-order valence-electron chi connectivity index (χ4n) is 2.67. The molecule has 2 N–H and O–H groups in total. The number of halogens is 2. The molecule has 0 bridgehead atoms. The maximum atomic E-state index is 13.4. The van der Waals surface area contributed by atoms with Gasteiger partial charge in [-0.25, -0.2) is 8.78 Å². The highest BCUT2D eigenvalue weighted by Gasteiger charge is 2.23. The fourth-order valence-corrected chi connectivity index (χ4v) is 2.67. The van der Waals surface area contributed by atoms with Gasteiger partial charge in [0.15, 0.2) is 17.4 Å². The van der Waals surface area contributed by atoms with Crippen molar-refractivity contribution in [3.05, 3.63) is 84.0 Å². The number of para-hydroxylation sites is 1. The zero-order valence-electron chi connectivity index (χ0n) is 14.2. The number of anilines is 2. The monoisotopic (exact) mass is 382 g/mol. The van der Waals surface area contributed by atoms with Gasteiger partial charge >= 0.3 is 0 Å². The highest BCUT2D eigenvalue weighted by atomic mass is 19.2. The number of hydrogen-bond donors (Lipinski definition) is 2.